The Kier molecular flexibility index (Phi) is 3.41. The van der Waals surface area contributed by atoms with Crippen LogP contribution in [0.25, 0.3) is 0 Å². The SMILES string of the molecule is NCC(O)c1c(O)c(Br)cc(F)c1F. The van der Waals surface area contributed by atoms with Crippen molar-refractivity contribution in [3.63, 3.8) is 0 Å². The number of halogens is 3. The van der Waals surface area contributed by atoms with E-state index in [2.05, 4.69) is 15.9 Å². The van der Waals surface area contributed by atoms with E-state index in [1.807, 2.05) is 0 Å². The lowest BCUT2D eigenvalue weighted by atomic mass is 10.1. The number of hydrogen-bond donors (Lipinski definition) is 3. The second-order valence-electron chi connectivity index (χ2n) is 2.67. The van der Waals surface area contributed by atoms with Gasteiger partial charge in [0.05, 0.1) is 16.1 Å². The van der Waals surface area contributed by atoms with Crippen LogP contribution in [-0.4, -0.2) is 16.8 Å². The highest BCUT2D eigenvalue weighted by atomic mass is 79.9. The molecule has 0 amide bonds. The van der Waals surface area contributed by atoms with Crippen molar-refractivity contribution in [3.05, 3.63) is 27.7 Å². The predicted molar refractivity (Wildman–Crippen MR) is 49.7 cm³/mol. The zero-order valence-electron chi connectivity index (χ0n) is 6.97. The minimum atomic E-state index is -1.43. The van der Waals surface area contributed by atoms with Crippen molar-refractivity contribution in [1.29, 1.82) is 0 Å². The number of benzene rings is 1. The number of aliphatic hydroxyl groups excluding tert-OH is 1. The summed E-state index contributed by atoms with van der Waals surface area (Å²) in [6, 6.07) is 0.775. The number of hydrogen-bond acceptors (Lipinski definition) is 3. The van der Waals surface area contributed by atoms with E-state index in [4.69, 9.17) is 5.73 Å². The molecule has 78 valence electrons. The Morgan fingerprint density at radius 3 is 2.57 bits per heavy atom. The number of phenols is 1. The van der Waals surface area contributed by atoms with Crippen molar-refractivity contribution in [2.45, 2.75) is 6.10 Å². The topological polar surface area (TPSA) is 66.5 Å². The summed E-state index contributed by atoms with van der Waals surface area (Å²) in [4.78, 5) is 0. The number of aliphatic hydroxyl groups is 1. The van der Waals surface area contributed by atoms with Crippen LogP contribution in [0, 0.1) is 11.6 Å². The van der Waals surface area contributed by atoms with Gasteiger partial charge in [-0.05, 0) is 22.0 Å². The average molecular weight is 268 g/mol. The van der Waals surface area contributed by atoms with Gasteiger partial charge >= 0.3 is 0 Å². The lowest BCUT2D eigenvalue weighted by molar-refractivity contribution is 0.175. The second-order valence-corrected chi connectivity index (χ2v) is 3.52. The first-order chi connectivity index (χ1) is 6.49. The van der Waals surface area contributed by atoms with E-state index in [9.17, 15) is 19.0 Å². The zero-order chi connectivity index (χ0) is 10.9. The van der Waals surface area contributed by atoms with E-state index >= 15 is 0 Å². The normalized spacial score (nSPS) is 12.9. The van der Waals surface area contributed by atoms with Gasteiger partial charge in [0.1, 0.15) is 5.75 Å². The summed E-state index contributed by atoms with van der Waals surface area (Å²) in [5, 5.41) is 18.6. The second kappa shape index (κ2) is 4.20. The molecule has 0 spiro atoms. The Morgan fingerprint density at radius 2 is 2.07 bits per heavy atom. The summed E-state index contributed by atoms with van der Waals surface area (Å²) in [5.41, 5.74) is 4.55. The van der Waals surface area contributed by atoms with Gasteiger partial charge in [0.15, 0.2) is 11.6 Å². The van der Waals surface area contributed by atoms with Crippen molar-refractivity contribution in [1.82, 2.24) is 0 Å². The van der Waals surface area contributed by atoms with Crippen LogP contribution < -0.4 is 5.73 Å². The first kappa shape index (κ1) is 11.4. The molecular formula is C8H8BrF2NO2. The third kappa shape index (κ3) is 1.87. The van der Waals surface area contributed by atoms with Gasteiger partial charge < -0.3 is 15.9 Å². The highest BCUT2D eigenvalue weighted by molar-refractivity contribution is 9.10. The Hall–Kier alpha value is -0.720. The maximum Gasteiger partial charge on any atom is 0.168 e. The van der Waals surface area contributed by atoms with Crippen LogP contribution in [0.2, 0.25) is 0 Å². The Balaban J connectivity index is 3.39. The smallest absolute Gasteiger partial charge is 0.168 e. The molecule has 14 heavy (non-hydrogen) atoms. The number of aromatic hydroxyl groups is 1. The van der Waals surface area contributed by atoms with Gasteiger partial charge in [-0.1, -0.05) is 0 Å². The van der Waals surface area contributed by atoms with Crippen molar-refractivity contribution in [2.75, 3.05) is 6.54 Å². The molecule has 0 aliphatic carbocycles. The van der Waals surface area contributed by atoms with Gasteiger partial charge in [-0.3, -0.25) is 0 Å². The Bertz CT molecular complexity index is 333. The number of phenolic OH excluding ortho intramolecular Hbond substituents is 1. The van der Waals surface area contributed by atoms with E-state index in [1.165, 1.54) is 0 Å². The molecule has 4 N–H and O–H groups in total. The molecule has 6 heteroatoms. The van der Waals surface area contributed by atoms with Gasteiger partial charge in [0.2, 0.25) is 0 Å². The summed E-state index contributed by atoms with van der Waals surface area (Å²) >= 11 is 2.82. The van der Waals surface area contributed by atoms with Crippen molar-refractivity contribution in [2.24, 2.45) is 5.73 Å². The first-order valence-electron chi connectivity index (χ1n) is 3.73. The monoisotopic (exact) mass is 267 g/mol. The van der Waals surface area contributed by atoms with Gasteiger partial charge in [-0.15, -0.1) is 0 Å². The standard InChI is InChI=1S/C8H8BrF2NO2/c9-3-1-4(10)7(11)6(8(3)14)5(13)2-12/h1,5,13-14H,2,12H2. The predicted octanol–water partition coefficient (Wildman–Crippen LogP) is 1.42. The van der Waals surface area contributed by atoms with Crippen LogP contribution >= 0.6 is 15.9 Å². The van der Waals surface area contributed by atoms with E-state index in [0.717, 1.165) is 6.07 Å². The average Bonchev–Trinajstić information content (AvgIpc) is 2.15. The van der Waals surface area contributed by atoms with Gasteiger partial charge in [-0.2, -0.15) is 0 Å². The van der Waals surface area contributed by atoms with E-state index in [0.29, 0.717) is 0 Å². The molecule has 0 aliphatic heterocycles. The largest absolute Gasteiger partial charge is 0.506 e. The molecule has 0 aromatic heterocycles. The molecule has 1 unspecified atom stereocenters. The fourth-order valence-electron chi connectivity index (χ4n) is 1.03. The van der Waals surface area contributed by atoms with Crippen LogP contribution in [0.15, 0.2) is 10.5 Å². The quantitative estimate of drug-likeness (QED) is 0.711. The highest BCUT2D eigenvalue weighted by Crippen LogP contribution is 2.35. The van der Waals surface area contributed by atoms with Gasteiger partial charge in [0, 0.05) is 6.54 Å². The summed E-state index contributed by atoms with van der Waals surface area (Å²) in [7, 11) is 0. The van der Waals surface area contributed by atoms with E-state index in [1.54, 1.807) is 0 Å². The molecule has 0 aliphatic rings. The molecule has 0 saturated heterocycles. The molecule has 1 aromatic carbocycles. The lowest BCUT2D eigenvalue weighted by Gasteiger charge is -2.12. The Morgan fingerprint density at radius 1 is 1.50 bits per heavy atom. The van der Waals surface area contributed by atoms with Crippen LogP contribution in [0.1, 0.15) is 11.7 Å². The third-order valence-corrected chi connectivity index (χ3v) is 2.34. The fourth-order valence-corrected chi connectivity index (χ4v) is 1.44. The lowest BCUT2D eigenvalue weighted by Crippen LogP contribution is -2.14. The molecule has 0 fully saturated rings. The van der Waals surface area contributed by atoms with E-state index in [-0.39, 0.29) is 11.0 Å². The number of rotatable bonds is 2. The molecule has 0 heterocycles. The van der Waals surface area contributed by atoms with Crippen LogP contribution in [0.3, 0.4) is 0 Å². The van der Waals surface area contributed by atoms with E-state index < -0.39 is 29.1 Å². The fraction of sp³-hybridized carbons (Fsp3) is 0.250. The molecule has 0 radical (unpaired) electrons. The zero-order valence-corrected chi connectivity index (χ0v) is 8.55. The minimum absolute atomic E-state index is 0.0288. The maximum absolute atomic E-state index is 13.1. The van der Waals surface area contributed by atoms with Crippen LogP contribution in [-0.2, 0) is 0 Å². The maximum atomic E-state index is 13.1. The van der Waals surface area contributed by atoms with Crippen molar-refractivity contribution >= 4 is 15.9 Å². The van der Waals surface area contributed by atoms with Crippen LogP contribution in [0.4, 0.5) is 8.78 Å². The molecular weight excluding hydrogens is 260 g/mol. The van der Waals surface area contributed by atoms with Crippen LogP contribution in [0.5, 0.6) is 5.75 Å². The molecule has 0 bridgehead atoms. The molecule has 3 nitrogen and oxygen atoms in total. The van der Waals surface area contributed by atoms with Gasteiger partial charge in [-0.25, -0.2) is 8.78 Å². The molecule has 0 saturated carbocycles. The summed E-state index contributed by atoms with van der Waals surface area (Å²) in [5.74, 6) is -2.98. The van der Waals surface area contributed by atoms with Crippen molar-refractivity contribution < 1.29 is 19.0 Å². The minimum Gasteiger partial charge on any atom is -0.506 e. The summed E-state index contributed by atoms with van der Waals surface area (Å²) in [6.45, 7) is -0.305. The summed E-state index contributed by atoms with van der Waals surface area (Å²) < 4.78 is 25.9. The molecule has 1 rings (SSSR count). The first-order valence-corrected chi connectivity index (χ1v) is 4.52. The Labute approximate surface area is 87.3 Å². The third-order valence-electron chi connectivity index (χ3n) is 1.74. The molecule has 1 atom stereocenters. The highest BCUT2D eigenvalue weighted by Gasteiger charge is 2.22. The summed E-state index contributed by atoms with van der Waals surface area (Å²) in [6.07, 6.45) is -1.43. The number of nitrogens with two attached hydrogens (primary N) is 1. The van der Waals surface area contributed by atoms with Gasteiger partial charge in [0.25, 0.3) is 0 Å². The molecule has 1 aromatic rings. The van der Waals surface area contributed by atoms with Crippen molar-refractivity contribution in [3.8, 4) is 5.75 Å².